The van der Waals surface area contributed by atoms with Crippen molar-refractivity contribution in [2.24, 2.45) is 0 Å². The highest BCUT2D eigenvalue weighted by atomic mass is 79.9. The van der Waals surface area contributed by atoms with E-state index in [0.717, 1.165) is 15.5 Å². The Hall–Kier alpha value is -1.66. The monoisotopic (exact) mass is 352 g/mol. The zero-order chi connectivity index (χ0) is 14.3. The van der Waals surface area contributed by atoms with Crippen LogP contribution in [-0.4, -0.2) is 16.7 Å². The first-order valence-corrected chi connectivity index (χ1v) is 7.04. The molecule has 0 aliphatic carbocycles. The van der Waals surface area contributed by atoms with E-state index in [1.54, 1.807) is 23.8 Å². The quantitative estimate of drug-likeness (QED) is 0.683. The van der Waals surface area contributed by atoms with Crippen LogP contribution in [0.15, 0.2) is 40.9 Å². The third-order valence-electron chi connectivity index (χ3n) is 3.04. The lowest BCUT2D eigenvalue weighted by atomic mass is 10.2. The fraction of sp³-hybridized carbons (Fsp3) is 0.0714. The van der Waals surface area contributed by atoms with Gasteiger partial charge in [-0.2, -0.15) is 0 Å². The van der Waals surface area contributed by atoms with Crippen molar-refractivity contribution in [3.63, 3.8) is 0 Å². The van der Waals surface area contributed by atoms with Crippen LogP contribution in [0.25, 0.3) is 16.7 Å². The van der Waals surface area contributed by atoms with Gasteiger partial charge in [0.2, 0.25) is 0 Å². The lowest BCUT2D eigenvalue weighted by Gasteiger charge is -2.07. The molecule has 0 unspecified atom stereocenters. The molecule has 0 radical (unpaired) electrons. The van der Waals surface area contributed by atoms with Gasteiger partial charge in [0, 0.05) is 10.5 Å². The number of hydrogen-bond donors (Lipinski definition) is 1. The number of methoxy groups -OCH3 is 1. The minimum Gasteiger partial charge on any atom is -0.497 e. The molecule has 1 aromatic heterocycles. The Bertz CT molecular complexity index is 856. The van der Waals surface area contributed by atoms with Crippen LogP contribution >= 0.6 is 28.1 Å². The molecule has 0 saturated heterocycles. The van der Waals surface area contributed by atoms with Crippen molar-refractivity contribution in [2.45, 2.75) is 0 Å². The number of benzene rings is 2. The lowest BCUT2D eigenvalue weighted by Crippen LogP contribution is -1.98. The summed E-state index contributed by atoms with van der Waals surface area (Å²) in [6, 6.07) is 10.3. The molecule has 0 fully saturated rings. The van der Waals surface area contributed by atoms with Gasteiger partial charge in [-0.05, 0) is 42.5 Å². The van der Waals surface area contributed by atoms with E-state index in [9.17, 15) is 4.39 Å². The molecule has 0 aliphatic rings. The summed E-state index contributed by atoms with van der Waals surface area (Å²) in [5.74, 6) is 0.351. The molecule has 20 heavy (non-hydrogen) atoms. The van der Waals surface area contributed by atoms with Crippen LogP contribution in [0.2, 0.25) is 0 Å². The molecule has 6 heteroatoms. The average molecular weight is 353 g/mol. The summed E-state index contributed by atoms with van der Waals surface area (Å²) in [4.78, 5) is 3.06. The van der Waals surface area contributed by atoms with Crippen LogP contribution in [0.3, 0.4) is 0 Å². The third-order valence-corrected chi connectivity index (χ3v) is 3.82. The predicted molar refractivity (Wildman–Crippen MR) is 82.7 cm³/mol. The van der Waals surface area contributed by atoms with Gasteiger partial charge in [-0.3, -0.25) is 4.57 Å². The maximum atomic E-state index is 14.1. The van der Waals surface area contributed by atoms with Crippen LogP contribution in [0.4, 0.5) is 4.39 Å². The summed E-state index contributed by atoms with van der Waals surface area (Å²) in [6.07, 6.45) is 0. The number of nitrogens with one attached hydrogen (secondary N) is 1. The van der Waals surface area contributed by atoms with Crippen LogP contribution in [-0.2, 0) is 0 Å². The van der Waals surface area contributed by atoms with E-state index in [1.807, 2.05) is 18.2 Å². The van der Waals surface area contributed by atoms with Crippen molar-refractivity contribution in [3.8, 4) is 11.4 Å². The maximum absolute atomic E-state index is 14.1. The minimum atomic E-state index is -0.340. The number of aromatic nitrogens is 2. The van der Waals surface area contributed by atoms with E-state index in [0.29, 0.717) is 16.2 Å². The fourth-order valence-corrected chi connectivity index (χ4v) is 2.76. The largest absolute Gasteiger partial charge is 0.497 e. The molecule has 1 N–H and O–H groups in total. The van der Waals surface area contributed by atoms with Gasteiger partial charge in [0.05, 0.1) is 23.8 Å². The highest BCUT2D eigenvalue weighted by molar-refractivity contribution is 9.10. The summed E-state index contributed by atoms with van der Waals surface area (Å²) in [7, 11) is 1.59. The highest BCUT2D eigenvalue weighted by Gasteiger charge is 2.12. The molecule has 0 spiro atoms. The number of halogens is 2. The molecule has 3 nitrogen and oxygen atoms in total. The third kappa shape index (κ3) is 2.14. The number of imidazole rings is 1. The van der Waals surface area contributed by atoms with Gasteiger partial charge in [-0.15, -0.1) is 0 Å². The van der Waals surface area contributed by atoms with Gasteiger partial charge in [0.25, 0.3) is 0 Å². The van der Waals surface area contributed by atoms with E-state index in [2.05, 4.69) is 20.9 Å². The molecule has 3 rings (SSSR count). The van der Waals surface area contributed by atoms with Crippen molar-refractivity contribution in [2.75, 3.05) is 7.11 Å². The van der Waals surface area contributed by atoms with Crippen molar-refractivity contribution >= 4 is 39.2 Å². The van der Waals surface area contributed by atoms with Gasteiger partial charge in [0.15, 0.2) is 4.77 Å². The van der Waals surface area contributed by atoms with Crippen molar-refractivity contribution < 1.29 is 9.13 Å². The molecule has 0 atom stereocenters. The van der Waals surface area contributed by atoms with Gasteiger partial charge < -0.3 is 9.72 Å². The molecule has 102 valence electrons. The molecule has 3 aromatic rings. The van der Waals surface area contributed by atoms with E-state index in [1.165, 1.54) is 6.07 Å². The summed E-state index contributed by atoms with van der Waals surface area (Å²) < 4.78 is 22.2. The van der Waals surface area contributed by atoms with Crippen LogP contribution < -0.4 is 4.74 Å². The Kier molecular flexibility index (Phi) is 3.35. The summed E-state index contributed by atoms with van der Waals surface area (Å²) in [6.45, 7) is 0. The zero-order valence-electron chi connectivity index (χ0n) is 10.5. The van der Waals surface area contributed by atoms with E-state index >= 15 is 0 Å². The Morgan fingerprint density at radius 1 is 1.25 bits per heavy atom. The maximum Gasteiger partial charge on any atom is 0.182 e. The minimum absolute atomic E-state index is 0.340. The summed E-state index contributed by atoms with van der Waals surface area (Å²) in [5, 5.41) is 0. The van der Waals surface area contributed by atoms with E-state index < -0.39 is 0 Å². The molecular weight excluding hydrogens is 343 g/mol. The summed E-state index contributed by atoms with van der Waals surface area (Å²) >= 11 is 8.65. The number of H-pyrrole nitrogens is 1. The first-order chi connectivity index (χ1) is 9.60. The lowest BCUT2D eigenvalue weighted by molar-refractivity contribution is 0.415. The number of rotatable bonds is 2. The molecule has 1 heterocycles. The van der Waals surface area contributed by atoms with Crippen LogP contribution in [0.5, 0.6) is 5.75 Å². The number of hydrogen-bond acceptors (Lipinski definition) is 2. The second-order valence-electron chi connectivity index (χ2n) is 4.24. The molecule has 0 saturated carbocycles. The smallest absolute Gasteiger partial charge is 0.182 e. The fourth-order valence-electron chi connectivity index (χ4n) is 2.11. The van der Waals surface area contributed by atoms with E-state index in [-0.39, 0.29) is 5.82 Å². The molecule has 0 aliphatic heterocycles. The number of fused-ring (bicyclic) bond motifs is 1. The van der Waals surface area contributed by atoms with Crippen LogP contribution in [0, 0.1) is 10.6 Å². The second-order valence-corrected chi connectivity index (χ2v) is 5.55. The number of aromatic amines is 1. The Morgan fingerprint density at radius 2 is 2.05 bits per heavy atom. The van der Waals surface area contributed by atoms with Crippen molar-refractivity contribution in [3.05, 3.63) is 51.5 Å². The average Bonchev–Trinajstić information content (AvgIpc) is 2.76. The molecule has 0 amide bonds. The first kappa shape index (κ1) is 13.3. The van der Waals surface area contributed by atoms with Gasteiger partial charge in [-0.1, -0.05) is 15.9 Å². The van der Waals surface area contributed by atoms with Crippen molar-refractivity contribution in [1.29, 1.82) is 0 Å². The number of nitrogens with zero attached hydrogens (tertiary/aromatic N) is 1. The summed E-state index contributed by atoms with van der Waals surface area (Å²) in [5.41, 5.74) is 1.99. The Labute approximate surface area is 128 Å². The van der Waals surface area contributed by atoms with Gasteiger partial charge >= 0.3 is 0 Å². The second kappa shape index (κ2) is 5.03. The van der Waals surface area contributed by atoms with Crippen LogP contribution in [0.1, 0.15) is 0 Å². The van der Waals surface area contributed by atoms with E-state index in [4.69, 9.17) is 17.0 Å². The zero-order valence-corrected chi connectivity index (χ0v) is 12.9. The normalized spacial score (nSPS) is 10.9. The highest BCUT2D eigenvalue weighted by Crippen LogP contribution is 2.27. The first-order valence-electron chi connectivity index (χ1n) is 5.84. The van der Waals surface area contributed by atoms with Gasteiger partial charge in [0.1, 0.15) is 11.6 Å². The van der Waals surface area contributed by atoms with Gasteiger partial charge in [-0.25, -0.2) is 4.39 Å². The Balaban J connectivity index is 2.37. The SMILES string of the molecule is COc1ccc2[nH]c(=S)n(-c3cc(Br)ccc3F)c2c1. The van der Waals surface area contributed by atoms with Crippen molar-refractivity contribution in [1.82, 2.24) is 9.55 Å². The topological polar surface area (TPSA) is 29.9 Å². The Morgan fingerprint density at radius 3 is 2.80 bits per heavy atom. The molecular formula is C14H10BrFN2OS. The molecule has 0 bridgehead atoms. The predicted octanol–water partition coefficient (Wildman–Crippen LogP) is 4.60. The number of ether oxygens (including phenoxy) is 1. The standard InChI is InChI=1S/C14H10BrFN2OS/c1-19-9-3-5-11-13(7-9)18(14(20)17-11)12-6-8(15)2-4-10(12)16/h2-7H,1H3,(H,17,20). The molecule has 2 aromatic carbocycles.